The molecule has 2 radical (unpaired) electrons. The van der Waals surface area contributed by atoms with Gasteiger partial charge < -0.3 is 4.74 Å². The van der Waals surface area contributed by atoms with Crippen LogP contribution in [0.15, 0.2) is 0 Å². The topological polar surface area (TPSA) is 12.5 Å². The molecule has 1 aliphatic rings. The minimum Gasteiger partial charge on any atom is -0.379 e. The Morgan fingerprint density at radius 3 is 2.43 bits per heavy atom. The lowest BCUT2D eigenvalue weighted by Crippen LogP contribution is -2.47. The number of methoxy groups -OCH3 is 1. The highest BCUT2D eigenvalue weighted by Crippen LogP contribution is 2.06. The van der Waals surface area contributed by atoms with Gasteiger partial charge in [0.1, 0.15) is 0 Å². The van der Waals surface area contributed by atoms with Crippen LogP contribution in [-0.2, 0) is 4.74 Å². The second kappa shape index (κ2) is 1.80. The largest absolute Gasteiger partial charge is 0.379 e. The predicted molar refractivity (Wildman–Crippen MR) is 26.7 cm³/mol. The van der Waals surface area contributed by atoms with Crippen molar-refractivity contribution >= 4 is 0 Å². The fourth-order valence-corrected chi connectivity index (χ4v) is 0.619. The molecule has 0 aromatic rings. The van der Waals surface area contributed by atoms with Crippen molar-refractivity contribution in [3.63, 3.8) is 0 Å². The minimum absolute atomic E-state index is 0.394. The molecule has 7 heavy (non-hydrogen) atoms. The number of likely N-dealkylation sites (tertiary alicyclic amines) is 1. The van der Waals surface area contributed by atoms with Crippen molar-refractivity contribution < 1.29 is 4.74 Å². The third-order valence-electron chi connectivity index (χ3n) is 1.21. The van der Waals surface area contributed by atoms with Crippen molar-refractivity contribution in [2.24, 2.45) is 0 Å². The van der Waals surface area contributed by atoms with Gasteiger partial charge in [0.15, 0.2) is 0 Å². The standard InChI is InChI=1S/C5H9NO/c1-6-3-5(4-6)7-2/h1,5H,3-4H2,2H3. The molecule has 0 aromatic heterocycles. The Labute approximate surface area is 44.1 Å². The first-order valence-corrected chi connectivity index (χ1v) is 2.35. The normalized spacial score (nSPS) is 24.9. The van der Waals surface area contributed by atoms with E-state index in [4.69, 9.17) is 11.8 Å². The van der Waals surface area contributed by atoms with Gasteiger partial charge in [-0.2, -0.15) is 0 Å². The quantitative estimate of drug-likeness (QED) is 0.458. The second-order valence-corrected chi connectivity index (χ2v) is 1.81. The van der Waals surface area contributed by atoms with Gasteiger partial charge in [0, 0.05) is 27.2 Å². The van der Waals surface area contributed by atoms with E-state index in [1.165, 1.54) is 0 Å². The van der Waals surface area contributed by atoms with Crippen LogP contribution in [0.4, 0.5) is 0 Å². The third-order valence-corrected chi connectivity index (χ3v) is 1.21. The average Bonchev–Trinajstić information content (AvgIpc) is 1.58. The minimum atomic E-state index is 0.394. The van der Waals surface area contributed by atoms with Gasteiger partial charge in [0.25, 0.3) is 0 Å². The highest BCUT2D eigenvalue weighted by molar-refractivity contribution is 4.78. The smallest absolute Gasteiger partial charge is 0.0825 e. The number of hydrogen-bond donors (Lipinski definition) is 0. The lowest BCUT2D eigenvalue weighted by Gasteiger charge is -2.34. The zero-order valence-electron chi connectivity index (χ0n) is 4.42. The van der Waals surface area contributed by atoms with Crippen LogP contribution in [0.3, 0.4) is 0 Å². The first kappa shape index (κ1) is 5.06. The molecular formula is C5H9NO. The van der Waals surface area contributed by atoms with Crippen LogP contribution in [-0.4, -0.2) is 31.2 Å². The molecule has 0 N–H and O–H groups in total. The highest BCUT2D eigenvalue weighted by atomic mass is 16.5. The molecule has 2 heteroatoms. The maximum Gasteiger partial charge on any atom is 0.0825 e. The van der Waals surface area contributed by atoms with Gasteiger partial charge in [-0.1, -0.05) is 0 Å². The molecule has 0 aromatic carbocycles. The predicted octanol–water partition coefficient (Wildman–Crippen LogP) is -0.0144. The maximum absolute atomic E-state index is 5.30. The summed E-state index contributed by atoms with van der Waals surface area (Å²) in [5, 5.41) is 0. The van der Waals surface area contributed by atoms with E-state index in [0.717, 1.165) is 13.1 Å². The van der Waals surface area contributed by atoms with Crippen molar-refractivity contribution in [3.05, 3.63) is 7.05 Å². The van der Waals surface area contributed by atoms with Crippen molar-refractivity contribution in [1.82, 2.24) is 4.90 Å². The van der Waals surface area contributed by atoms with Crippen LogP contribution in [0.5, 0.6) is 0 Å². The van der Waals surface area contributed by atoms with E-state index in [9.17, 15) is 0 Å². The molecular weight excluding hydrogens is 90.1 g/mol. The fourth-order valence-electron chi connectivity index (χ4n) is 0.619. The summed E-state index contributed by atoms with van der Waals surface area (Å²) in [4.78, 5) is 1.73. The molecule has 0 amide bonds. The number of hydrogen-bond acceptors (Lipinski definition) is 2. The molecule has 0 unspecified atom stereocenters. The molecule has 0 atom stereocenters. The Hall–Kier alpha value is -0.0800. The Bertz CT molecular complexity index is 59.1. The molecule has 1 heterocycles. The molecule has 0 aliphatic carbocycles. The lowest BCUT2D eigenvalue weighted by atomic mass is 10.2. The number of rotatable bonds is 1. The number of nitrogens with zero attached hydrogens (tertiary/aromatic N) is 1. The Morgan fingerprint density at radius 1 is 1.71 bits per heavy atom. The van der Waals surface area contributed by atoms with Crippen LogP contribution >= 0.6 is 0 Å². The van der Waals surface area contributed by atoms with E-state index >= 15 is 0 Å². The maximum atomic E-state index is 5.30. The third kappa shape index (κ3) is 0.924. The SMILES string of the molecule is [CH]N1CC(OC)C1. The van der Waals surface area contributed by atoms with Crippen LogP contribution < -0.4 is 0 Å². The molecule has 0 saturated carbocycles. The summed E-state index contributed by atoms with van der Waals surface area (Å²) in [6.45, 7) is 1.77. The van der Waals surface area contributed by atoms with E-state index in [2.05, 4.69) is 0 Å². The summed E-state index contributed by atoms with van der Waals surface area (Å²) in [7, 11) is 7.00. The van der Waals surface area contributed by atoms with Crippen LogP contribution in [0, 0.1) is 7.05 Å². The van der Waals surface area contributed by atoms with E-state index in [0.29, 0.717) is 6.10 Å². The fraction of sp³-hybridized carbons (Fsp3) is 0.800. The van der Waals surface area contributed by atoms with Crippen molar-refractivity contribution in [2.45, 2.75) is 6.10 Å². The average molecular weight is 99.1 g/mol. The van der Waals surface area contributed by atoms with Crippen molar-refractivity contribution in [1.29, 1.82) is 0 Å². The van der Waals surface area contributed by atoms with E-state index in [1.54, 1.807) is 12.0 Å². The summed E-state index contributed by atoms with van der Waals surface area (Å²) in [5.41, 5.74) is 0. The molecule has 40 valence electrons. The molecule has 1 saturated heterocycles. The Kier molecular flexibility index (Phi) is 1.30. The van der Waals surface area contributed by atoms with Crippen LogP contribution in [0.1, 0.15) is 0 Å². The van der Waals surface area contributed by atoms with E-state index < -0.39 is 0 Å². The molecule has 1 rings (SSSR count). The summed E-state index contributed by atoms with van der Waals surface area (Å²) >= 11 is 0. The van der Waals surface area contributed by atoms with Gasteiger partial charge in [-0.25, -0.2) is 0 Å². The van der Waals surface area contributed by atoms with Gasteiger partial charge >= 0.3 is 0 Å². The highest BCUT2D eigenvalue weighted by Gasteiger charge is 2.21. The molecule has 0 spiro atoms. The molecule has 2 nitrogen and oxygen atoms in total. The van der Waals surface area contributed by atoms with Gasteiger partial charge in [-0.3, -0.25) is 4.90 Å². The summed E-state index contributed by atoms with van der Waals surface area (Å²) in [6, 6.07) is 0. The first-order chi connectivity index (χ1) is 3.33. The van der Waals surface area contributed by atoms with Gasteiger partial charge in [0.2, 0.25) is 0 Å². The Balaban J connectivity index is 2.06. The van der Waals surface area contributed by atoms with Gasteiger partial charge in [-0.15, -0.1) is 0 Å². The molecule has 0 bridgehead atoms. The summed E-state index contributed by atoms with van der Waals surface area (Å²) < 4.78 is 4.93. The zero-order chi connectivity index (χ0) is 5.28. The summed E-state index contributed by atoms with van der Waals surface area (Å²) in [5.74, 6) is 0. The van der Waals surface area contributed by atoms with Crippen molar-refractivity contribution in [3.8, 4) is 0 Å². The molecule has 1 aliphatic heterocycles. The van der Waals surface area contributed by atoms with Gasteiger partial charge in [-0.05, 0) is 0 Å². The van der Waals surface area contributed by atoms with Crippen LogP contribution in [0.25, 0.3) is 0 Å². The zero-order valence-corrected chi connectivity index (χ0v) is 4.42. The lowest BCUT2D eigenvalue weighted by molar-refractivity contribution is -0.00644. The first-order valence-electron chi connectivity index (χ1n) is 2.35. The summed E-state index contributed by atoms with van der Waals surface area (Å²) in [6.07, 6.45) is 0.394. The van der Waals surface area contributed by atoms with Crippen LogP contribution in [0.2, 0.25) is 0 Å². The van der Waals surface area contributed by atoms with E-state index in [-0.39, 0.29) is 0 Å². The molecule has 1 fully saturated rings. The monoisotopic (exact) mass is 99.1 g/mol. The number of ether oxygens (including phenoxy) is 1. The van der Waals surface area contributed by atoms with Gasteiger partial charge in [0.05, 0.1) is 6.10 Å². The van der Waals surface area contributed by atoms with E-state index in [1.807, 2.05) is 0 Å². The van der Waals surface area contributed by atoms with Crippen molar-refractivity contribution in [2.75, 3.05) is 20.2 Å². The second-order valence-electron chi connectivity index (χ2n) is 1.81. The Morgan fingerprint density at radius 2 is 2.29 bits per heavy atom.